The molecular formula is C14H27N3OS. The molecule has 1 amide bonds. The van der Waals surface area contributed by atoms with Crippen molar-refractivity contribution < 1.29 is 4.79 Å². The normalized spacial score (nSPS) is 23.1. The van der Waals surface area contributed by atoms with Gasteiger partial charge in [0, 0.05) is 17.3 Å². The molecule has 1 fully saturated rings. The predicted molar refractivity (Wildman–Crippen MR) is 83.7 cm³/mol. The van der Waals surface area contributed by atoms with Gasteiger partial charge in [0.2, 0.25) is 5.91 Å². The molecule has 1 aliphatic heterocycles. The van der Waals surface area contributed by atoms with Gasteiger partial charge in [0.25, 0.3) is 0 Å². The molecule has 1 aliphatic rings. The summed E-state index contributed by atoms with van der Waals surface area (Å²) in [6, 6.07) is 0.429. The fraction of sp³-hybridized carbons (Fsp3) is 0.857. The Bertz CT molecular complexity index is 353. The number of rotatable bonds is 2. The largest absolute Gasteiger partial charge is 0.362 e. The second-order valence-electron chi connectivity index (χ2n) is 7.12. The summed E-state index contributed by atoms with van der Waals surface area (Å²) in [4.78, 5) is 16.1. The average molecular weight is 285 g/mol. The van der Waals surface area contributed by atoms with Gasteiger partial charge in [-0.3, -0.25) is 9.79 Å². The lowest BCUT2D eigenvalue weighted by atomic mass is 9.85. The Balaban J connectivity index is 2.51. The topological polar surface area (TPSA) is 53.5 Å². The molecule has 0 aromatic carbocycles. The minimum absolute atomic E-state index is 0.0275. The fourth-order valence-corrected chi connectivity index (χ4v) is 2.81. The number of amidine groups is 1. The molecule has 1 heterocycles. The van der Waals surface area contributed by atoms with E-state index in [2.05, 4.69) is 36.4 Å². The monoisotopic (exact) mass is 285 g/mol. The van der Waals surface area contributed by atoms with Crippen LogP contribution >= 0.6 is 11.8 Å². The summed E-state index contributed by atoms with van der Waals surface area (Å²) in [7, 11) is 0. The molecular weight excluding hydrogens is 258 g/mol. The zero-order chi connectivity index (χ0) is 14.7. The van der Waals surface area contributed by atoms with Crippen LogP contribution in [0.15, 0.2) is 4.99 Å². The predicted octanol–water partition coefficient (Wildman–Crippen LogP) is 2.40. The molecule has 1 unspecified atom stereocenters. The van der Waals surface area contributed by atoms with Crippen molar-refractivity contribution in [2.45, 2.75) is 59.5 Å². The van der Waals surface area contributed by atoms with E-state index in [9.17, 15) is 4.79 Å². The first-order valence-corrected chi connectivity index (χ1v) is 7.81. The highest BCUT2D eigenvalue weighted by Gasteiger charge is 2.28. The molecule has 4 nitrogen and oxygen atoms in total. The lowest BCUT2D eigenvalue weighted by Crippen LogP contribution is -2.46. The van der Waals surface area contributed by atoms with Crippen molar-refractivity contribution >= 4 is 22.8 Å². The average Bonchev–Trinajstić information content (AvgIpc) is 2.23. The molecule has 1 atom stereocenters. The molecule has 110 valence electrons. The number of carbonyl (C=O) groups excluding carboxylic acids is 1. The van der Waals surface area contributed by atoms with Crippen LogP contribution in [0, 0.1) is 5.41 Å². The highest BCUT2D eigenvalue weighted by atomic mass is 32.2. The number of amides is 1. The Kier molecular flexibility index (Phi) is 5.30. The van der Waals surface area contributed by atoms with Gasteiger partial charge in [-0.25, -0.2) is 0 Å². The maximum atomic E-state index is 11.7. The van der Waals surface area contributed by atoms with E-state index >= 15 is 0 Å². The van der Waals surface area contributed by atoms with Crippen molar-refractivity contribution in [1.82, 2.24) is 10.6 Å². The van der Waals surface area contributed by atoms with Crippen LogP contribution in [0.1, 0.15) is 48.0 Å². The van der Waals surface area contributed by atoms with E-state index in [1.807, 2.05) is 20.8 Å². The first-order chi connectivity index (χ1) is 8.58. The Morgan fingerprint density at radius 3 is 2.53 bits per heavy atom. The Morgan fingerprint density at radius 2 is 2.00 bits per heavy atom. The van der Waals surface area contributed by atoms with E-state index in [1.165, 1.54) is 0 Å². The third kappa shape index (κ3) is 6.32. The van der Waals surface area contributed by atoms with Crippen LogP contribution in [0.25, 0.3) is 0 Å². The van der Waals surface area contributed by atoms with E-state index in [0.29, 0.717) is 6.04 Å². The number of hydrogen-bond acceptors (Lipinski definition) is 3. The van der Waals surface area contributed by atoms with Gasteiger partial charge >= 0.3 is 0 Å². The summed E-state index contributed by atoms with van der Waals surface area (Å²) >= 11 is 1.70. The van der Waals surface area contributed by atoms with Crippen LogP contribution < -0.4 is 10.6 Å². The number of nitrogens with one attached hydrogen (secondary N) is 2. The van der Waals surface area contributed by atoms with Gasteiger partial charge in [-0.05, 0) is 32.6 Å². The lowest BCUT2D eigenvalue weighted by molar-refractivity contribution is -0.121. The number of thioether (sulfide) groups is 1. The quantitative estimate of drug-likeness (QED) is 0.819. The van der Waals surface area contributed by atoms with Crippen molar-refractivity contribution in [1.29, 1.82) is 0 Å². The van der Waals surface area contributed by atoms with Crippen LogP contribution in [-0.4, -0.2) is 35.0 Å². The van der Waals surface area contributed by atoms with Crippen molar-refractivity contribution in [3.8, 4) is 0 Å². The third-order valence-electron chi connectivity index (χ3n) is 2.87. The summed E-state index contributed by atoms with van der Waals surface area (Å²) in [5.74, 6) is 1.04. The highest BCUT2D eigenvalue weighted by Crippen LogP contribution is 2.27. The highest BCUT2D eigenvalue weighted by molar-refractivity contribution is 8.13. The Morgan fingerprint density at radius 1 is 1.37 bits per heavy atom. The maximum Gasteiger partial charge on any atom is 0.242 e. The second-order valence-corrected chi connectivity index (χ2v) is 8.20. The molecule has 1 rings (SSSR count). The van der Waals surface area contributed by atoms with Crippen molar-refractivity contribution in [3.05, 3.63) is 0 Å². The zero-order valence-electron chi connectivity index (χ0n) is 13.0. The van der Waals surface area contributed by atoms with Crippen molar-refractivity contribution in [3.63, 3.8) is 0 Å². The Hall–Kier alpha value is -0.710. The van der Waals surface area contributed by atoms with Gasteiger partial charge in [0.1, 0.15) is 6.54 Å². The molecule has 0 bridgehead atoms. The van der Waals surface area contributed by atoms with Crippen molar-refractivity contribution in [2.75, 3.05) is 12.3 Å². The smallest absolute Gasteiger partial charge is 0.242 e. The molecule has 1 saturated heterocycles. The minimum Gasteiger partial charge on any atom is -0.362 e. The van der Waals surface area contributed by atoms with E-state index in [0.717, 1.165) is 17.3 Å². The van der Waals surface area contributed by atoms with Gasteiger partial charge in [0.05, 0.1) is 0 Å². The molecule has 0 radical (unpaired) electrons. The van der Waals surface area contributed by atoms with E-state index < -0.39 is 0 Å². The minimum atomic E-state index is -0.196. The van der Waals surface area contributed by atoms with Crippen LogP contribution in [0.4, 0.5) is 0 Å². The van der Waals surface area contributed by atoms with E-state index in [-0.39, 0.29) is 23.4 Å². The summed E-state index contributed by atoms with van der Waals surface area (Å²) < 4.78 is 0. The SMILES string of the molecule is CC(C)(C)NC(=O)CN=C1NC(C(C)(C)C)CCS1. The van der Waals surface area contributed by atoms with Crippen LogP contribution in [-0.2, 0) is 4.79 Å². The van der Waals surface area contributed by atoms with Gasteiger partial charge in [-0.15, -0.1) is 0 Å². The number of aliphatic imine (C=N–C) groups is 1. The van der Waals surface area contributed by atoms with E-state index in [4.69, 9.17) is 0 Å². The molecule has 0 aromatic rings. The third-order valence-corrected chi connectivity index (χ3v) is 3.83. The Labute approximate surface area is 121 Å². The first-order valence-electron chi connectivity index (χ1n) is 6.83. The summed E-state index contributed by atoms with van der Waals surface area (Å²) in [5, 5.41) is 7.26. The number of nitrogens with zero attached hydrogens (tertiary/aromatic N) is 1. The van der Waals surface area contributed by atoms with Gasteiger partial charge in [-0.2, -0.15) is 0 Å². The summed E-state index contributed by atoms with van der Waals surface area (Å²) in [6.45, 7) is 12.8. The molecule has 5 heteroatoms. The second kappa shape index (κ2) is 6.16. The number of hydrogen-bond donors (Lipinski definition) is 2. The number of carbonyl (C=O) groups is 1. The van der Waals surface area contributed by atoms with Gasteiger partial charge in [-0.1, -0.05) is 32.5 Å². The fourth-order valence-electron chi connectivity index (χ4n) is 1.88. The first kappa shape index (κ1) is 16.3. The molecule has 2 N–H and O–H groups in total. The molecule has 19 heavy (non-hydrogen) atoms. The molecule has 0 spiro atoms. The van der Waals surface area contributed by atoms with Gasteiger partial charge in [0.15, 0.2) is 5.17 Å². The van der Waals surface area contributed by atoms with Crippen LogP contribution in [0.5, 0.6) is 0 Å². The van der Waals surface area contributed by atoms with Crippen molar-refractivity contribution in [2.24, 2.45) is 10.4 Å². The molecule has 0 saturated carbocycles. The molecule has 0 aromatic heterocycles. The van der Waals surface area contributed by atoms with Crippen LogP contribution in [0.2, 0.25) is 0 Å². The molecule has 0 aliphatic carbocycles. The summed E-state index contributed by atoms with van der Waals surface area (Å²) in [6.07, 6.45) is 1.14. The summed E-state index contributed by atoms with van der Waals surface area (Å²) in [5.41, 5.74) is 0.0216. The lowest BCUT2D eigenvalue weighted by Gasteiger charge is -2.35. The standard InChI is InChI=1S/C14H27N3OS/c1-13(2,3)10-7-8-19-12(16-10)15-9-11(18)17-14(4,5)6/h10H,7-9H2,1-6H3,(H,15,16)(H,17,18). The maximum absolute atomic E-state index is 11.7. The van der Waals surface area contributed by atoms with Crippen LogP contribution in [0.3, 0.4) is 0 Å². The van der Waals surface area contributed by atoms with E-state index in [1.54, 1.807) is 11.8 Å². The van der Waals surface area contributed by atoms with Gasteiger partial charge < -0.3 is 10.6 Å². The zero-order valence-corrected chi connectivity index (χ0v) is 13.8.